The Kier molecular flexibility index (Phi) is 5.01. The molecule has 0 unspecified atom stereocenters. The van der Waals surface area contributed by atoms with E-state index in [1.54, 1.807) is 0 Å². The number of hydrogen-bond donors (Lipinski definition) is 1. The summed E-state index contributed by atoms with van der Waals surface area (Å²) in [7, 11) is 0. The Morgan fingerprint density at radius 2 is 1.93 bits per heavy atom. The Morgan fingerprint density at radius 3 is 2.61 bits per heavy atom. The Hall–Kier alpha value is -2.92. The topological polar surface area (TPSA) is 64.2 Å². The van der Waals surface area contributed by atoms with Crippen molar-refractivity contribution in [2.45, 2.75) is 32.9 Å². The lowest BCUT2D eigenvalue weighted by molar-refractivity contribution is 0.0791. The summed E-state index contributed by atoms with van der Waals surface area (Å²) in [5.74, 6) is 0.0143. The molecule has 5 heteroatoms. The predicted octanol–water partition coefficient (Wildman–Crippen LogP) is 3.39. The first-order valence-corrected chi connectivity index (χ1v) is 9.75. The van der Waals surface area contributed by atoms with Crippen LogP contribution in [0, 0.1) is 13.8 Å². The van der Waals surface area contributed by atoms with Gasteiger partial charge < -0.3 is 10.6 Å². The standard InChI is InChI=1S/C23H26N4O/c1-16-8-9-19(12-17(16)2)22-21(23(28)26-11-10-20(24)14-26)15-27(25-22)13-18-6-4-3-5-7-18/h3-9,12,15,20H,10-11,13-14,24H2,1-2H3/t20-/m1/s1. The van der Waals surface area contributed by atoms with Crippen LogP contribution in [0.5, 0.6) is 0 Å². The summed E-state index contributed by atoms with van der Waals surface area (Å²) in [6, 6.07) is 16.5. The van der Waals surface area contributed by atoms with E-state index in [0.29, 0.717) is 25.2 Å². The zero-order valence-electron chi connectivity index (χ0n) is 16.4. The van der Waals surface area contributed by atoms with Gasteiger partial charge in [-0.2, -0.15) is 5.10 Å². The molecule has 1 amide bonds. The lowest BCUT2D eigenvalue weighted by Gasteiger charge is -2.15. The van der Waals surface area contributed by atoms with Gasteiger partial charge in [-0.3, -0.25) is 9.48 Å². The van der Waals surface area contributed by atoms with Crippen molar-refractivity contribution < 1.29 is 4.79 Å². The minimum Gasteiger partial charge on any atom is -0.337 e. The maximum absolute atomic E-state index is 13.2. The van der Waals surface area contributed by atoms with Crippen molar-refractivity contribution in [3.8, 4) is 11.3 Å². The first kappa shape index (κ1) is 18.4. The quantitative estimate of drug-likeness (QED) is 0.761. The number of rotatable bonds is 4. The summed E-state index contributed by atoms with van der Waals surface area (Å²) >= 11 is 0. The van der Waals surface area contributed by atoms with E-state index in [9.17, 15) is 4.79 Å². The van der Waals surface area contributed by atoms with Gasteiger partial charge in [-0.15, -0.1) is 0 Å². The molecule has 3 aromatic rings. The SMILES string of the molecule is Cc1ccc(-c2nn(Cc3ccccc3)cc2C(=O)N2CC[C@@H](N)C2)cc1C. The Labute approximate surface area is 165 Å². The fourth-order valence-corrected chi connectivity index (χ4v) is 3.67. The molecule has 1 saturated heterocycles. The Morgan fingerprint density at radius 1 is 1.14 bits per heavy atom. The van der Waals surface area contributed by atoms with Gasteiger partial charge in [0.05, 0.1) is 12.1 Å². The van der Waals surface area contributed by atoms with Gasteiger partial charge in [-0.25, -0.2) is 0 Å². The highest BCUT2D eigenvalue weighted by Gasteiger charge is 2.28. The number of aromatic nitrogens is 2. The third-order valence-corrected chi connectivity index (χ3v) is 5.47. The molecule has 0 radical (unpaired) electrons. The first-order chi connectivity index (χ1) is 13.5. The molecule has 4 rings (SSSR count). The maximum Gasteiger partial charge on any atom is 0.257 e. The molecule has 1 aromatic heterocycles. The van der Waals surface area contributed by atoms with E-state index in [-0.39, 0.29) is 11.9 Å². The molecule has 1 aliphatic rings. The number of benzene rings is 2. The molecule has 1 aliphatic heterocycles. The van der Waals surface area contributed by atoms with E-state index >= 15 is 0 Å². The van der Waals surface area contributed by atoms with E-state index in [1.807, 2.05) is 40.0 Å². The van der Waals surface area contributed by atoms with Gasteiger partial charge in [-0.1, -0.05) is 42.5 Å². The second-order valence-electron chi connectivity index (χ2n) is 7.67. The molecule has 0 bridgehead atoms. The second kappa shape index (κ2) is 7.60. The molecular formula is C23H26N4O. The molecule has 0 saturated carbocycles. The highest BCUT2D eigenvalue weighted by molar-refractivity contribution is 6.00. The van der Waals surface area contributed by atoms with Crippen molar-refractivity contribution in [3.05, 3.63) is 77.0 Å². The average Bonchev–Trinajstić information content (AvgIpc) is 3.31. The Balaban J connectivity index is 1.73. The largest absolute Gasteiger partial charge is 0.337 e. The molecule has 28 heavy (non-hydrogen) atoms. The summed E-state index contributed by atoms with van der Waals surface area (Å²) in [4.78, 5) is 15.1. The summed E-state index contributed by atoms with van der Waals surface area (Å²) in [5, 5.41) is 4.80. The zero-order chi connectivity index (χ0) is 19.7. The van der Waals surface area contributed by atoms with Crippen LogP contribution in [0.25, 0.3) is 11.3 Å². The van der Waals surface area contributed by atoms with E-state index in [4.69, 9.17) is 10.8 Å². The molecule has 0 spiro atoms. The second-order valence-corrected chi connectivity index (χ2v) is 7.67. The van der Waals surface area contributed by atoms with Crippen LogP contribution in [-0.4, -0.2) is 39.7 Å². The van der Waals surface area contributed by atoms with Crippen molar-refractivity contribution >= 4 is 5.91 Å². The van der Waals surface area contributed by atoms with Crippen LogP contribution < -0.4 is 5.73 Å². The van der Waals surface area contributed by atoms with E-state index in [2.05, 4.69) is 38.1 Å². The zero-order valence-corrected chi connectivity index (χ0v) is 16.4. The number of amides is 1. The summed E-state index contributed by atoms with van der Waals surface area (Å²) < 4.78 is 1.86. The van der Waals surface area contributed by atoms with Crippen LogP contribution in [0.3, 0.4) is 0 Å². The number of carbonyl (C=O) groups is 1. The highest BCUT2D eigenvalue weighted by Crippen LogP contribution is 2.27. The van der Waals surface area contributed by atoms with Gasteiger partial charge in [0, 0.05) is 30.9 Å². The number of aryl methyl sites for hydroxylation is 2. The van der Waals surface area contributed by atoms with Gasteiger partial charge in [-0.05, 0) is 43.0 Å². The van der Waals surface area contributed by atoms with Crippen LogP contribution in [0.15, 0.2) is 54.7 Å². The van der Waals surface area contributed by atoms with Crippen molar-refractivity contribution in [2.75, 3.05) is 13.1 Å². The minimum absolute atomic E-state index is 0.0143. The van der Waals surface area contributed by atoms with Crippen LogP contribution in [0.4, 0.5) is 0 Å². The van der Waals surface area contributed by atoms with Gasteiger partial charge in [0.2, 0.25) is 0 Å². The third-order valence-electron chi connectivity index (χ3n) is 5.47. The summed E-state index contributed by atoms with van der Waals surface area (Å²) in [5.41, 5.74) is 12.0. The lowest BCUT2D eigenvalue weighted by atomic mass is 10.0. The molecule has 5 nitrogen and oxygen atoms in total. The number of nitrogens with two attached hydrogens (primary N) is 1. The summed E-state index contributed by atoms with van der Waals surface area (Å²) in [6.07, 6.45) is 2.73. The lowest BCUT2D eigenvalue weighted by Crippen LogP contribution is -2.32. The Bertz CT molecular complexity index is 993. The predicted molar refractivity (Wildman–Crippen MR) is 111 cm³/mol. The van der Waals surface area contributed by atoms with Crippen molar-refractivity contribution in [2.24, 2.45) is 5.73 Å². The maximum atomic E-state index is 13.2. The fourth-order valence-electron chi connectivity index (χ4n) is 3.67. The van der Waals surface area contributed by atoms with E-state index in [0.717, 1.165) is 23.2 Å². The van der Waals surface area contributed by atoms with Crippen LogP contribution in [0.1, 0.15) is 33.5 Å². The number of carbonyl (C=O) groups excluding carboxylic acids is 1. The third kappa shape index (κ3) is 3.71. The number of hydrogen-bond acceptors (Lipinski definition) is 3. The van der Waals surface area contributed by atoms with Crippen LogP contribution >= 0.6 is 0 Å². The molecule has 144 valence electrons. The summed E-state index contributed by atoms with van der Waals surface area (Å²) in [6.45, 7) is 6.11. The van der Waals surface area contributed by atoms with Crippen molar-refractivity contribution in [1.82, 2.24) is 14.7 Å². The molecular weight excluding hydrogens is 348 g/mol. The fraction of sp³-hybridized carbons (Fsp3) is 0.304. The van der Waals surface area contributed by atoms with Crippen molar-refractivity contribution in [1.29, 1.82) is 0 Å². The molecule has 2 aromatic carbocycles. The van der Waals surface area contributed by atoms with Crippen LogP contribution in [0.2, 0.25) is 0 Å². The van der Waals surface area contributed by atoms with Crippen LogP contribution in [-0.2, 0) is 6.54 Å². The first-order valence-electron chi connectivity index (χ1n) is 9.75. The van der Waals surface area contributed by atoms with E-state index < -0.39 is 0 Å². The molecule has 1 fully saturated rings. The number of nitrogens with zero attached hydrogens (tertiary/aromatic N) is 3. The normalized spacial score (nSPS) is 16.5. The highest BCUT2D eigenvalue weighted by atomic mass is 16.2. The van der Waals surface area contributed by atoms with Gasteiger partial charge in [0.25, 0.3) is 5.91 Å². The molecule has 2 heterocycles. The smallest absolute Gasteiger partial charge is 0.257 e. The van der Waals surface area contributed by atoms with Crippen molar-refractivity contribution in [3.63, 3.8) is 0 Å². The number of likely N-dealkylation sites (tertiary alicyclic amines) is 1. The molecule has 2 N–H and O–H groups in total. The molecule has 1 atom stereocenters. The average molecular weight is 374 g/mol. The van der Waals surface area contributed by atoms with E-state index in [1.165, 1.54) is 11.1 Å². The molecule has 0 aliphatic carbocycles. The monoisotopic (exact) mass is 374 g/mol. The minimum atomic E-state index is 0.0143. The van der Waals surface area contributed by atoms with Gasteiger partial charge >= 0.3 is 0 Å². The van der Waals surface area contributed by atoms with Gasteiger partial charge in [0.15, 0.2) is 0 Å². The van der Waals surface area contributed by atoms with Gasteiger partial charge in [0.1, 0.15) is 5.69 Å².